The van der Waals surface area contributed by atoms with Crippen LogP contribution in [0.3, 0.4) is 0 Å². The second kappa shape index (κ2) is 6.79. The van der Waals surface area contributed by atoms with Crippen molar-refractivity contribution in [2.75, 3.05) is 10.6 Å². The van der Waals surface area contributed by atoms with Gasteiger partial charge in [0, 0.05) is 24.0 Å². The van der Waals surface area contributed by atoms with Crippen LogP contribution in [-0.2, 0) is 4.79 Å². The fourth-order valence-corrected chi connectivity index (χ4v) is 1.90. The van der Waals surface area contributed by atoms with E-state index in [1.807, 2.05) is 62.4 Å². The lowest BCUT2D eigenvalue weighted by molar-refractivity contribution is -0.114. The minimum atomic E-state index is -0.0727. The zero-order valence-electron chi connectivity index (χ0n) is 12.5. The van der Waals surface area contributed by atoms with Crippen molar-refractivity contribution in [2.24, 2.45) is 0 Å². The van der Waals surface area contributed by atoms with Gasteiger partial charge in [-0.25, -0.2) is 0 Å². The van der Waals surface area contributed by atoms with E-state index in [2.05, 4.69) is 10.6 Å². The third-order valence-electron chi connectivity index (χ3n) is 2.72. The smallest absolute Gasteiger partial charge is 0.221 e. The molecule has 0 spiro atoms. The van der Waals surface area contributed by atoms with Crippen molar-refractivity contribution in [3.63, 3.8) is 0 Å². The molecule has 0 heterocycles. The first-order valence-electron chi connectivity index (χ1n) is 6.94. The summed E-state index contributed by atoms with van der Waals surface area (Å²) in [6.07, 6.45) is 0.171. The Hall–Kier alpha value is -2.49. The van der Waals surface area contributed by atoms with Crippen molar-refractivity contribution < 1.29 is 9.53 Å². The quantitative estimate of drug-likeness (QED) is 0.866. The van der Waals surface area contributed by atoms with E-state index >= 15 is 0 Å². The second-order valence-electron chi connectivity index (χ2n) is 5.07. The lowest BCUT2D eigenvalue weighted by Gasteiger charge is -2.11. The van der Waals surface area contributed by atoms with Crippen LogP contribution in [0.4, 0.5) is 17.1 Å². The molecule has 0 aliphatic rings. The first-order valence-corrected chi connectivity index (χ1v) is 6.94. The van der Waals surface area contributed by atoms with Crippen LogP contribution in [-0.4, -0.2) is 12.0 Å². The van der Waals surface area contributed by atoms with Gasteiger partial charge in [0.05, 0.1) is 6.10 Å². The Balaban J connectivity index is 1.99. The van der Waals surface area contributed by atoms with Gasteiger partial charge in [-0.1, -0.05) is 0 Å². The van der Waals surface area contributed by atoms with Crippen molar-refractivity contribution >= 4 is 23.0 Å². The average molecular weight is 284 g/mol. The highest BCUT2D eigenvalue weighted by Gasteiger charge is 2.00. The first-order chi connectivity index (χ1) is 10.0. The minimum Gasteiger partial charge on any atom is -0.491 e. The van der Waals surface area contributed by atoms with Crippen molar-refractivity contribution in [3.8, 4) is 5.75 Å². The summed E-state index contributed by atoms with van der Waals surface area (Å²) in [5, 5.41) is 6.03. The van der Waals surface area contributed by atoms with Crippen molar-refractivity contribution in [3.05, 3.63) is 48.5 Å². The van der Waals surface area contributed by atoms with Gasteiger partial charge in [0.25, 0.3) is 0 Å². The number of rotatable bonds is 5. The van der Waals surface area contributed by atoms with Crippen LogP contribution >= 0.6 is 0 Å². The van der Waals surface area contributed by atoms with Gasteiger partial charge < -0.3 is 15.4 Å². The maximum atomic E-state index is 11.0. The number of anilines is 3. The van der Waals surface area contributed by atoms with Crippen LogP contribution in [0.15, 0.2) is 48.5 Å². The van der Waals surface area contributed by atoms with Crippen LogP contribution in [0.1, 0.15) is 20.8 Å². The summed E-state index contributed by atoms with van der Waals surface area (Å²) >= 11 is 0. The van der Waals surface area contributed by atoms with E-state index in [-0.39, 0.29) is 12.0 Å². The zero-order chi connectivity index (χ0) is 15.2. The highest BCUT2D eigenvalue weighted by Crippen LogP contribution is 2.22. The standard InChI is InChI=1S/C17H20N2O2/c1-12(2)21-17-10-8-16(9-11-17)19-15-6-4-14(5-7-15)18-13(3)20/h4-12,19H,1-3H3,(H,18,20). The molecule has 4 nitrogen and oxygen atoms in total. The van der Waals surface area contributed by atoms with Crippen LogP contribution in [0.5, 0.6) is 5.75 Å². The van der Waals surface area contributed by atoms with E-state index in [1.165, 1.54) is 6.92 Å². The van der Waals surface area contributed by atoms with Crippen LogP contribution < -0.4 is 15.4 Å². The number of ether oxygens (including phenoxy) is 1. The normalized spacial score (nSPS) is 10.3. The van der Waals surface area contributed by atoms with E-state index < -0.39 is 0 Å². The van der Waals surface area contributed by atoms with Crippen molar-refractivity contribution in [2.45, 2.75) is 26.9 Å². The molecule has 1 amide bonds. The van der Waals surface area contributed by atoms with E-state index in [0.29, 0.717) is 0 Å². The molecule has 2 aromatic carbocycles. The molecule has 0 radical (unpaired) electrons. The Kier molecular flexibility index (Phi) is 4.82. The molecule has 0 unspecified atom stereocenters. The largest absolute Gasteiger partial charge is 0.491 e. The van der Waals surface area contributed by atoms with Gasteiger partial charge in [-0.15, -0.1) is 0 Å². The molecule has 0 aliphatic heterocycles. The Morgan fingerprint density at radius 1 is 0.905 bits per heavy atom. The summed E-state index contributed by atoms with van der Waals surface area (Å²) in [6.45, 7) is 5.50. The molecule has 110 valence electrons. The molecule has 0 aromatic heterocycles. The van der Waals surface area contributed by atoms with E-state index in [9.17, 15) is 4.79 Å². The summed E-state index contributed by atoms with van der Waals surface area (Å²) < 4.78 is 5.60. The topological polar surface area (TPSA) is 50.4 Å². The predicted molar refractivity (Wildman–Crippen MR) is 86.2 cm³/mol. The molecule has 2 aromatic rings. The molecular formula is C17H20N2O2. The third kappa shape index (κ3) is 4.84. The Labute approximate surface area is 125 Å². The summed E-state index contributed by atoms with van der Waals surface area (Å²) in [7, 11) is 0. The summed E-state index contributed by atoms with van der Waals surface area (Å²) in [5.41, 5.74) is 2.73. The fourth-order valence-electron chi connectivity index (χ4n) is 1.90. The van der Waals surface area contributed by atoms with Crippen LogP contribution in [0.25, 0.3) is 0 Å². The van der Waals surface area contributed by atoms with Gasteiger partial charge in [-0.05, 0) is 62.4 Å². The van der Waals surface area contributed by atoms with E-state index in [1.54, 1.807) is 0 Å². The van der Waals surface area contributed by atoms with Gasteiger partial charge in [0.15, 0.2) is 0 Å². The minimum absolute atomic E-state index is 0.0727. The fraction of sp³-hybridized carbons (Fsp3) is 0.235. The SMILES string of the molecule is CC(=O)Nc1ccc(Nc2ccc(OC(C)C)cc2)cc1. The van der Waals surface area contributed by atoms with E-state index in [4.69, 9.17) is 4.74 Å². The monoisotopic (exact) mass is 284 g/mol. The molecule has 0 saturated heterocycles. The van der Waals surface area contributed by atoms with Crippen LogP contribution in [0, 0.1) is 0 Å². The summed E-state index contributed by atoms with van der Waals surface area (Å²) in [4.78, 5) is 11.0. The molecule has 2 rings (SSSR count). The van der Waals surface area contributed by atoms with Gasteiger partial charge in [0.1, 0.15) is 5.75 Å². The van der Waals surface area contributed by atoms with Gasteiger partial charge in [-0.2, -0.15) is 0 Å². The van der Waals surface area contributed by atoms with Crippen molar-refractivity contribution in [1.82, 2.24) is 0 Å². The molecule has 4 heteroatoms. The average Bonchev–Trinajstić information content (AvgIpc) is 2.42. The number of hydrogen-bond acceptors (Lipinski definition) is 3. The molecule has 0 atom stereocenters. The van der Waals surface area contributed by atoms with Gasteiger partial charge >= 0.3 is 0 Å². The Morgan fingerprint density at radius 2 is 1.38 bits per heavy atom. The maximum absolute atomic E-state index is 11.0. The molecule has 0 bridgehead atoms. The molecule has 0 fully saturated rings. The highest BCUT2D eigenvalue weighted by molar-refractivity contribution is 5.88. The summed E-state index contributed by atoms with van der Waals surface area (Å²) in [5.74, 6) is 0.785. The predicted octanol–water partition coefficient (Wildman–Crippen LogP) is 4.18. The number of hydrogen-bond donors (Lipinski definition) is 2. The van der Waals surface area contributed by atoms with Gasteiger partial charge in [0.2, 0.25) is 5.91 Å². The van der Waals surface area contributed by atoms with E-state index in [0.717, 1.165) is 22.8 Å². The lowest BCUT2D eigenvalue weighted by Crippen LogP contribution is -2.05. The van der Waals surface area contributed by atoms with Gasteiger partial charge in [-0.3, -0.25) is 4.79 Å². The number of nitrogens with one attached hydrogen (secondary N) is 2. The number of carbonyl (C=O) groups excluding carboxylic acids is 1. The Morgan fingerprint density at radius 3 is 1.86 bits per heavy atom. The zero-order valence-corrected chi connectivity index (χ0v) is 12.5. The maximum Gasteiger partial charge on any atom is 0.221 e. The first kappa shape index (κ1) is 14.9. The summed E-state index contributed by atoms with van der Waals surface area (Å²) in [6, 6.07) is 15.4. The molecular weight excluding hydrogens is 264 g/mol. The Bertz CT molecular complexity index is 589. The molecule has 0 aliphatic carbocycles. The van der Waals surface area contributed by atoms with Crippen LogP contribution in [0.2, 0.25) is 0 Å². The van der Waals surface area contributed by atoms with Crippen molar-refractivity contribution in [1.29, 1.82) is 0 Å². The highest BCUT2D eigenvalue weighted by atomic mass is 16.5. The second-order valence-corrected chi connectivity index (χ2v) is 5.07. The molecule has 21 heavy (non-hydrogen) atoms. The molecule has 0 saturated carbocycles. The lowest BCUT2D eigenvalue weighted by atomic mass is 10.2. The molecule has 2 N–H and O–H groups in total. The number of benzene rings is 2. The third-order valence-corrected chi connectivity index (χ3v) is 2.72. The number of carbonyl (C=O) groups is 1. The number of amides is 1.